The van der Waals surface area contributed by atoms with Crippen molar-refractivity contribution in [1.82, 2.24) is 20.2 Å². The number of thiophene rings is 1. The number of aromatic nitrogens is 4. The molecule has 9 heteroatoms. The van der Waals surface area contributed by atoms with E-state index in [1.54, 1.807) is 30.3 Å². The maximum absolute atomic E-state index is 13.3. The Hall–Kier alpha value is -2.84. The van der Waals surface area contributed by atoms with E-state index in [0.717, 1.165) is 17.0 Å². The van der Waals surface area contributed by atoms with E-state index < -0.39 is 5.97 Å². The largest absolute Gasteiger partial charge is 0.422 e. The molecular weight excluding hydrogens is 367 g/mol. The number of carbonyl (C=O) groups is 1. The van der Waals surface area contributed by atoms with Crippen molar-refractivity contribution in [3.63, 3.8) is 0 Å². The molecule has 0 atom stereocenters. The zero-order chi connectivity index (χ0) is 17.4. The van der Waals surface area contributed by atoms with Gasteiger partial charge in [-0.15, -0.1) is 16.4 Å². The van der Waals surface area contributed by atoms with Crippen LogP contribution in [0.4, 0.5) is 4.39 Å². The Morgan fingerprint density at radius 3 is 2.72 bits per heavy atom. The highest BCUT2D eigenvalue weighted by molar-refractivity contribution is 7.21. The van der Waals surface area contributed by atoms with Gasteiger partial charge in [-0.1, -0.05) is 11.6 Å². The van der Waals surface area contributed by atoms with Crippen LogP contribution in [-0.4, -0.2) is 26.2 Å². The van der Waals surface area contributed by atoms with Crippen LogP contribution in [0.15, 0.2) is 48.8 Å². The summed E-state index contributed by atoms with van der Waals surface area (Å²) in [5.41, 5.74) is 0.722. The van der Waals surface area contributed by atoms with Gasteiger partial charge in [-0.2, -0.15) is 0 Å². The molecule has 2 heterocycles. The lowest BCUT2D eigenvalue weighted by molar-refractivity contribution is 0.0740. The van der Waals surface area contributed by atoms with Gasteiger partial charge in [0, 0.05) is 10.1 Å². The quantitative estimate of drug-likeness (QED) is 0.402. The lowest BCUT2D eigenvalue weighted by Crippen LogP contribution is -2.07. The molecule has 0 fully saturated rings. The Balaban J connectivity index is 1.59. The van der Waals surface area contributed by atoms with Crippen molar-refractivity contribution < 1.29 is 13.9 Å². The van der Waals surface area contributed by atoms with Crippen LogP contribution in [0.3, 0.4) is 0 Å². The number of ether oxygens (including phenoxy) is 1. The van der Waals surface area contributed by atoms with Gasteiger partial charge >= 0.3 is 5.97 Å². The van der Waals surface area contributed by atoms with Gasteiger partial charge in [0.05, 0.1) is 10.7 Å². The van der Waals surface area contributed by atoms with E-state index in [0.29, 0.717) is 15.8 Å². The van der Waals surface area contributed by atoms with Gasteiger partial charge in [-0.05, 0) is 52.9 Å². The van der Waals surface area contributed by atoms with Crippen LogP contribution >= 0.6 is 22.9 Å². The third kappa shape index (κ3) is 2.97. The topological polar surface area (TPSA) is 69.9 Å². The molecule has 124 valence electrons. The minimum absolute atomic E-state index is 0.229. The van der Waals surface area contributed by atoms with Crippen LogP contribution in [0, 0.1) is 5.82 Å². The second-order valence-electron chi connectivity index (χ2n) is 5.02. The molecule has 2 aromatic carbocycles. The first-order chi connectivity index (χ1) is 12.1. The second-order valence-corrected chi connectivity index (χ2v) is 6.45. The van der Waals surface area contributed by atoms with Crippen molar-refractivity contribution in [2.75, 3.05) is 0 Å². The number of halogens is 2. The van der Waals surface area contributed by atoms with E-state index in [9.17, 15) is 9.18 Å². The minimum atomic E-state index is -0.596. The fraction of sp³-hybridized carbons (Fsp3) is 0. The number of hydrogen-bond donors (Lipinski definition) is 0. The maximum Gasteiger partial charge on any atom is 0.355 e. The summed E-state index contributed by atoms with van der Waals surface area (Å²) >= 11 is 7.31. The third-order valence-electron chi connectivity index (χ3n) is 3.44. The number of esters is 1. The van der Waals surface area contributed by atoms with Crippen LogP contribution in [-0.2, 0) is 0 Å². The number of carbonyl (C=O) groups excluding carboxylic acids is 1. The van der Waals surface area contributed by atoms with Crippen LogP contribution < -0.4 is 4.74 Å². The second kappa shape index (κ2) is 6.23. The highest BCUT2D eigenvalue weighted by Gasteiger charge is 2.19. The normalized spacial score (nSPS) is 11.0. The Bertz CT molecular complexity index is 1060. The highest BCUT2D eigenvalue weighted by atomic mass is 35.5. The van der Waals surface area contributed by atoms with Crippen LogP contribution in [0.25, 0.3) is 15.8 Å². The highest BCUT2D eigenvalue weighted by Crippen LogP contribution is 2.36. The molecule has 0 N–H and O–H groups in total. The monoisotopic (exact) mass is 374 g/mol. The fourth-order valence-electron chi connectivity index (χ4n) is 2.27. The number of benzene rings is 2. The van der Waals surface area contributed by atoms with Crippen LogP contribution in [0.2, 0.25) is 5.02 Å². The van der Waals surface area contributed by atoms with Crippen molar-refractivity contribution in [2.45, 2.75) is 0 Å². The molecule has 0 saturated carbocycles. The molecule has 0 unspecified atom stereocenters. The van der Waals surface area contributed by atoms with E-state index in [2.05, 4.69) is 15.5 Å². The molecule has 6 nitrogen and oxygen atoms in total. The van der Waals surface area contributed by atoms with Gasteiger partial charge in [0.2, 0.25) is 0 Å². The number of rotatable bonds is 3. The van der Waals surface area contributed by atoms with Gasteiger partial charge in [0.15, 0.2) is 0 Å². The first-order valence-corrected chi connectivity index (χ1v) is 8.24. The lowest BCUT2D eigenvalue weighted by atomic mass is 10.2. The third-order valence-corrected chi connectivity index (χ3v) is 5.07. The van der Waals surface area contributed by atoms with Gasteiger partial charge < -0.3 is 4.74 Å². The molecular formula is C16H8ClFN4O2S. The Morgan fingerprint density at radius 2 is 2.00 bits per heavy atom. The average molecular weight is 375 g/mol. The summed E-state index contributed by atoms with van der Waals surface area (Å²) < 4.78 is 20.7. The fourth-order valence-corrected chi connectivity index (χ4v) is 3.68. The van der Waals surface area contributed by atoms with Gasteiger partial charge in [0.25, 0.3) is 0 Å². The average Bonchev–Trinajstić information content (AvgIpc) is 3.24. The summed E-state index contributed by atoms with van der Waals surface area (Å²) in [6.07, 6.45) is 1.46. The summed E-state index contributed by atoms with van der Waals surface area (Å²) in [5.74, 6) is -0.633. The molecule has 2 aromatic heterocycles. The van der Waals surface area contributed by atoms with Gasteiger partial charge in [0.1, 0.15) is 22.8 Å². The Morgan fingerprint density at radius 1 is 1.20 bits per heavy atom. The summed E-state index contributed by atoms with van der Waals surface area (Å²) in [4.78, 5) is 12.6. The maximum atomic E-state index is 13.3. The van der Waals surface area contributed by atoms with E-state index >= 15 is 0 Å². The first-order valence-electron chi connectivity index (χ1n) is 7.05. The number of nitrogens with zero attached hydrogens (tertiary/aromatic N) is 4. The summed E-state index contributed by atoms with van der Waals surface area (Å²) in [7, 11) is 0. The SMILES string of the molecule is O=C(Oc1ccc(-n2cnnn2)cc1)c1sc2cc(F)ccc2c1Cl. The predicted molar refractivity (Wildman–Crippen MR) is 90.9 cm³/mol. The molecule has 0 bridgehead atoms. The van der Waals surface area contributed by atoms with Crippen molar-refractivity contribution in [2.24, 2.45) is 0 Å². The van der Waals surface area contributed by atoms with Crippen molar-refractivity contribution in [1.29, 1.82) is 0 Å². The first kappa shape index (κ1) is 15.7. The van der Waals surface area contributed by atoms with Crippen molar-refractivity contribution in [3.05, 3.63) is 64.5 Å². The van der Waals surface area contributed by atoms with E-state index in [-0.39, 0.29) is 15.7 Å². The molecule has 25 heavy (non-hydrogen) atoms. The molecule has 0 spiro atoms. The van der Waals surface area contributed by atoms with Crippen molar-refractivity contribution in [3.8, 4) is 11.4 Å². The number of fused-ring (bicyclic) bond motifs is 1. The van der Waals surface area contributed by atoms with Crippen LogP contribution in [0.1, 0.15) is 9.67 Å². The predicted octanol–water partition coefficient (Wildman–Crippen LogP) is 3.89. The molecule has 0 aliphatic heterocycles. The van der Waals surface area contributed by atoms with E-state index in [4.69, 9.17) is 16.3 Å². The molecule has 0 amide bonds. The van der Waals surface area contributed by atoms with Crippen molar-refractivity contribution >= 4 is 39.0 Å². The minimum Gasteiger partial charge on any atom is -0.422 e. The zero-order valence-corrected chi connectivity index (χ0v) is 14.0. The molecule has 4 aromatic rings. The molecule has 0 aliphatic rings. The summed E-state index contributed by atoms with van der Waals surface area (Å²) in [6, 6.07) is 10.8. The van der Waals surface area contributed by atoms with E-state index in [1.165, 1.54) is 23.1 Å². The summed E-state index contributed by atoms with van der Waals surface area (Å²) in [6.45, 7) is 0. The van der Waals surface area contributed by atoms with Gasteiger partial charge in [-0.3, -0.25) is 0 Å². The molecule has 4 rings (SSSR count). The Labute approximate surface area is 149 Å². The molecule has 0 saturated heterocycles. The smallest absolute Gasteiger partial charge is 0.355 e. The Kier molecular flexibility index (Phi) is 3.90. The van der Waals surface area contributed by atoms with E-state index in [1.807, 2.05) is 0 Å². The number of tetrazole rings is 1. The number of hydrogen-bond acceptors (Lipinski definition) is 6. The lowest BCUT2D eigenvalue weighted by Gasteiger charge is -2.04. The van der Waals surface area contributed by atoms with Crippen LogP contribution in [0.5, 0.6) is 5.75 Å². The zero-order valence-electron chi connectivity index (χ0n) is 12.4. The molecule has 0 aliphatic carbocycles. The van der Waals surface area contributed by atoms with Gasteiger partial charge in [-0.25, -0.2) is 13.9 Å². The summed E-state index contributed by atoms with van der Waals surface area (Å²) in [5, 5.41) is 11.8. The molecule has 0 radical (unpaired) electrons. The standard InChI is InChI=1S/C16H8ClFN4O2S/c17-14-12-6-1-9(18)7-13(12)25-15(14)16(23)24-11-4-2-10(3-5-11)22-8-19-20-21-22/h1-8H.